The van der Waals surface area contributed by atoms with Crippen molar-refractivity contribution in [1.82, 2.24) is 5.32 Å². The van der Waals surface area contributed by atoms with Gasteiger partial charge in [0.1, 0.15) is 66.9 Å². The van der Waals surface area contributed by atoms with Crippen LogP contribution < -0.4 is 20.5 Å². The first-order chi connectivity index (χ1) is 29.5. The number of ether oxygens (including phenoxy) is 6. The summed E-state index contributed by atoms with van der Waals surface area (Å²) in [4.78, 5) is 24.6. The maximum absolute atomic E-state index is 12.9. The Morgan fingerprint density at radius 1 is 0.705 bits per heavy atom. The first-order valence-corrected chi connectivity index (χ1v) is 20.0. The summed E-state index contributed by atoms with van der Waals surface area (Å²) in [6.07, 6.45) is -13.2. The van der Waals surface area contributed by atoms with Crippen LogP contribution in [0.1, 0.15) is 35.1 Å². The van der Waals surface area contributed by atoms with Gasteiger partial charge in [-0.3, -0.25) is 9.59 Å². The number of rotatable bonds is 19. The number of carbonyl (C=O) groups is 1. The molecule has 4 aromatic rings. The van der Waals surface area contributed by atoms with Crippen LogP contribution in [0, 0.1) is 0 Å². The molecule has 0 spiro atoms. The van der Waals surface area contributed by atoms with Crippen LogP contribution in [0.25, 0.3) is 0 Å². The fourth-order valence-corrected chi connectivity index (χ4v) is 7.11. The summed E-state index contributed by atoms with van der Waals surface area (Å²) >= 11 is 0. The Bertz CT molecular complexity index is 1940. The van der Waals surface area contributed by atoms with Crippen molar-refractivity contribution in [2.24, 2.45) is 5.73 Å². The zero-order valence-electron chi connectivity index (χ0n) is 33.5. The minimum atomic E-state index is -1.74. The third-order valence-corrected chi connectivity index (χ3v) is 10.8. The molecular formula is C45H53N2O14. The molecule has 16 heteroatoms. The lowest BCUT2D eigenvalue weighted by Gasteiger charge is -2.46. The van der Waals surface area contributed by atoms with Gasteiger partial charge in [-0.1, -0.05) is 91.9 Å². The maximum Gasteiger partial charge on any atom is 0.238 e. The quantitative estimate of drug-likeness (QED) is 0.0649. The van der Waals surface area contributed by atoms with Gasteiger partial charge < -0.3 is 70.1 Å². The number of nitrogens with two attached hydrogens (primary N) is 1. The van der Waals surface area contributed by atoms with Crippen LogP contribution in [0.15, 0.2) is 109 Å². The van der Waals surface area contributed by atoms with Crippen molar-refractivity contribution in [3.8, 4) is 11.5 Å². The van der Waals surface area contributed by atoms with Crippen molar-refractivity contribution in [3.05, 3.63) is 131 Å². The van der Waals surface area contributed by atoms with Crippen molar-refractivity contribution >= 4 is 12.2 Å². The molecule has 327 valence electrons. The van der Waals surface area contributed by atoms with Crippen LogP contribution in [0.2, 0.25) is 0 Å². The number of aliphatic hydroxyl groups is 6. The van der Waals surface area contributed by atoms with E-state index in [0.29, 0.717) is 17.9 Å². The molecule has 16 nitrogen and oxygen atoms in total. The van der Waals surface area contributed by atoms with E-state index in [-0.39, 0.29) is 24.7 Å². The smallest absolute Gasteiger partial charge is 0.238 e. The van der Waals surface area contributed by atoms with Gasteiger partial charge in [-0.2, -0.15) is 0 Å². The zero-order valence-corrected chi connectivity index (χ0v) is 33.5. The number of aliphatic hydroxyl groups excluding tert-OH is 6. The Labute approximate surface area is 353 Å². The predicted octanol–water partition coefficient (Wildman–Crippen LogP) is 0.761. The van der Waals surface area contributed by atoms with E-state index >= 15 is 0 Å². The first-order valence-electron chi connectivity index (χ1n) is 20.0. The van der Waals surface area contributed by atoms with E-state index < -0.39 is 92.6 Å². The molecule has 6 rings (SSSR count). The number of hydrogen-bond acceptors (Lipinski definition) is 15. The van der Waals surface area contributed by atoms with Gasteiger partial charge in [0.05, 0.1) is 31.9 Å². The van der Waals surface area contributed by atoms with Crippen LogP contribution in [-0.2, 0) is 48.2 Å². The van der Waals surface area contributed by atoms with Gasteiger partial charge in [-0.25, -0.2) is 0 Å². The molecule has 0 aromatic heterocycles. The van der Waals surface area contributed by atoms with Gasteiger partial charge in [0.25, 0.3) is 0 Å². The average molecular weight is 846 g/mol. The van der Waals surface area contributed by atoms with Gasteiger partial charge in [0, 0.05) is 12.3 Å². The molecule has 4 aromatic carbocycles. The molecule has 1 radical (unpaired) electrons. The van der Waals surface area contributed by atoms with E-state index in [1.165, 1.54) is 12.1 Å². The third-order valence-electron chi connectivity index (χ3n) is 10.8. The third kappa shape index (κ3) is 11.8. The number of benzene rings is 4. The zero-order chi connectivity index (χ0) is 43.5. The average Bonchev–Trinajstić information content (AvgIpc) is 3.29. The SMILES string of the molecule is CC(c1ccccc1)C(N)C(=O)NC([C]=O)Cc1ccc(OC2OC(CO)C(OC3OC(CO)C(OCc4ccc(OCc5ccccc5)cc4)C(O)C3O)C(O)C2O)cc1. The molecule has 2 heterocycles. The molecule has 2 saturated heterocycles. The lowest BCUT2D eigenvalue weighted by molar-refractivity contribution is -0.355. The van der Waals surface area contributed by atoms with E-state index in [4.69, 9.17) is 34.2 Å². The van der Waals surface area contributed by atoms with Crippen molar-refractivity contribution in [3.63, 3.8) is 0 Å². The number of hydrogen-bond donors (Lipinski definition) is 8. The fourth-order valence-electron chi connectivity index (χ4n) is 7.11. The van der Waals surface area contributed by atoms with E-state index in [1.54, 1.807) is 36.4 Å². The highest BCUT2D eigenvalue weighted by Gasteiger charge is 2.51. The Morgan fingerprint density at radius 3 is 1.89 bits per heavy atom. The molecular weight excluding hydrogens is 792 g/mol. The molecule has 2 fully saturated rings. The van der Waals surface area contributed by atoms with Crippen LogP contribution in [0.4, 0.5) is 0 Å². The highest BCUT2D eigenvalue weighted by atomic mass is 16.7. The molecule has 0 saturated carbocycles. The number of amides is 1. The first kappa shape index (κ1) is 45.7. The monoisotopic (exact) mass is 845 g/mol. The Kier molecular flexibility index (Phi) is 16.3. The Balaban J connectivity index is 0.989. The van der Waals surface area contributed by atoms with Gasteiger partial charge in [-0.15, -0.1) is 0 Å². The van der Waals surface area contributed by atoms with Crippen molar-refractivity contribution in [2.45, 2.75) is 106 Å². The van der Waals surface area contributed by atoms with Gasteiger partial charge in [0.15, 0.2) is 6.29 Å². The summed E-state index contributed by atoms with van der Waals surface area (Å²) in [5.41, 5.74) is 9.46. The Hall–Kier alpha value is -4.82. The normalized spacial score (nSPS) is 27.9. The van der Waals surface area contributed by atoms with Crippen molar-refractivity contribution in [2.75, 3.05) is 13.2 Å². The van der Waals surface area contributed by atoms with Crippen molar-refractivity contribution in [1.29, 1.82) is 0 Å². The summed E-state index contributed by atoms with van der Waals surface area (Å²) in [5.74, 6) is 0.0418. The molecule has 61 heavy (non-hydrogen) atoms. The largest absolute Gasteiger partial charge is 0.489 e. The second kappa shape index (κ2) is 21.8. The van der Waals surface area contributed by atoms with Gasteiger partial charge in [0.2, 0.25) is 18.5 Å². The molecule has 1 amide bonds. The lowest BCUT2D eigenvalue weighted by Crippen LogP contribution is -2.65. The summed E-state index contributed by atoms with van der Waals surface area (Å²) in [6, 6.07) is 30.5. The van der Waals surface area contributed by atoms with E-state index in [9.17, 15) is 40.2 Å². The minimum absolute atomic E-state index is 0.00288. The van der Waals surface area contributed by atoms with Crippen molar-refractivity contribution < 1.29 is 68.6 Å². The number of carbonyl (C=O) groups excluding carboxylic acids is 2. The molecule has 2 aliphatic rings. The lowest BCUT2D eigenvalue weighted by atomic mass is 9.93. The molecule has 0 aliphatic carbocycles. The predicted molar refractivity (Wildman–Crippen MR) is 217 cm³/mol. The summed E-state index contributed by atoms with van der Waals surface area (Å²) < 4.78 is 34.9. The van der Waals surface area contributed by atoms with Crippen LogP contribution in [0.3, 0.4) is 0 Å². The topological polar surface area (TPSA) is 249 Å². The number of nitrogens with one attached hydrogen (secondary N) is 1. The second-order valence-electron chi connectivity index (χ2n) is 15.1. The maximum atomic E-state index is 12.9. The molecule has 9 N–H and O–H groups in total. The van der Waals surface area contributed by atoms with Crippen LogP contribution >= 0.6 is 0 Å². The van der Waals surface area contributed by atoms with Crippen LogP contribution in [0.5, 0.6) is 11.5 Å². The van der Waals surface area contributed by atoms with Gasteiger partial charge in [-0.05, 0) is 46.5 Å². The molecule has 13 unspecified atom stereocenters. The molecule has 13 atom stereocenters. The van der Waals surface area contributed by atoms with E-state index in [2.05, 4.69) is 5.32 Å². The summed E-state index contributed by atoms with van der Waals surface area (Å²) in [7, 11) is 0. The Morgan fingerprint density at radius 2 is 1.25 bits per heavy atom. The fraction of sp³-hybridized carbons (Fsp3) is 0.422. The summed E-state index contributed by atoms with van der Waals surface area (Å²) in [5, 5.41) is 67.2. The highest BCUT2D eigenvalue weighted by Crippen LogP contribution is 2.32. The molecule has 2 aliphatic heterocycles. The van der Waals surface area contributed by atoms with Gasteiger partial charge >= 0.3 is 0 Å². The standard InChI is InChI=1S/C45H53N2O14/c1-26(30-10-6-3-7-11-30)36(46)43(55)47-31(21-48)20-27-12-18-33(19-13-27)58-44-40(54)38(52)42(35(23-50)60-44)61-45-39(53)37(51)41(34(22-49)59-45)57-25-29-14-16-32(17-15-29)56-24-28-8-4-2-5-9-28/h2-19,26,31,34-42,44-45,49-54H,20,22-25,46H2,1H3,(H,47,55). The van der Waals surface area contributed by atoms with E-state index in [0.717, 1.165) is 16.7 Å². The van der Waals surface area contributed by atoms with E-state index in [1.807, 2.05) is 73.9 Å². The second-order valence-corrected chi connectivity index (χ2v) is 15.1. The highest BCUT2D eigenvalue weighted by molar-refractivity contribution is 5.85. The minimum Gasteiger partial charge on any atom is -0.489 e. The summed E-state index contributed by atoms with van der Waals surface area (Å²) in [6.45, 7) is 0.876. The van der Waals surface area contributed by atoms with Crippen LogP contribution in [-0.4, -0.2) is 130 Å². The molecule has 0 bridgehead atoms.